The van der Waals surface area contributed by atoms with Crippen molar-refractivity contribution >= 4 is 34.2 Å². The highest BCUT2D eigenvalue weighted by Crippen LogP contribution is 2.34. The molecule has 0 unspecified atom stereocenters. The Morgan fingerprint density at radius 2 is 2.00 bits per heavy atom. The first kappa shape index (κ1) is 20.6. The number of nitrogens with zero attached hydrogens (tertiary/aromatic N) is 2. The van der Waals surface area contributed by atoms with E-state index in [9.17, 15) is 9.59 Å². The number of hydrazone groups is 1. The molecule has 1 atom stereocenters. The highest BCUT2D eigenvalue weighted by Gasteiger charge is 2.35. The van der Waals surface area contributed by atoms with Crippen LogP contribution in [0.4, 0.5) is 5.69 Å². The van der Waals surface area contributed by atoms with Gasteiger partial charge in [-0.2, -0.15) is 5.10 Å². The molecule has 2 aromatic heterocycles. The lowest BCUT2D eigenvalue weighted by Gasteiger charge is -2.20. The van der Waals surface area contributed by atoms with Gasteiger partial charge in [0.2, 0.25) is 0 Å². The second-order valence-corrected chi connectivity index (χ2v) is 7.59. The number of benzene rings is 2. The minimum Gasteiger partial charge on any atom is -0.467 e. The van der Waals surface area contributed by atoms with Gasteiger partial charge in [-0.15, -0.1) is 0 Å². The molecule has 0 fully saturated rings. The van der Waals surface area contributed by atoms with Crippen molar-refractivity contribution in [3.63, 3.8) is 0 Å². The number of fused-ring (bicyclic) bond motifs is 1. The molecule has 0 aliphatic carbocycles. The van der Waals surface area contributed by atoms with Crippen LogP contribution in [0.25, 0.3) is 11.0 Å². The lowest BCUT2D eigenvalue weighted by molar-refractivity contribution is -0.131. The minimum atomic E-state index is -0.442. The maximum atomic E-state index is 13.1. The lowest BCUT2D eigenvalue weighted by atomic mass is 10.1. The molecular formula is C25H21N3O5. The number of amides is 1. The van der Waals surface area contributed by atoms with E-state index >= 15 is 0 Å². The third kappa shape index (κ3) is 4.10. The predicted octanol–water partition coefficient (Wildman–Crippen LogP) is 4.60. The molecule has 5 rings (SSSR count). The summed E-state index contributed by atoms with van der Waals surface area (Å²) in [7, 11) is 1.33. The number of carbonyl (C=O) groups is 2. The summed E-state index contributed by atoms with van der Waals surface area (Å²) >= 11 is 0. The van der Waals surface area contributed by atoms with Gasteiger partial charge in [-0.05, 0) is 42.5 Å². The van der Waals surface area contributed by atoms with Crippen LogP contribution in [-0.4, -0.2) is 36.3 Å². The van der Waals surface area contributed by atoms with Crippen LogP contribution in [0.2, 0.25) is 0 Å². The Bertz CT molecular complexity index is 1310. The Morgan fingerprint density at radius 1 is 1.12 bits per heavy atom. The van der Waals surface area contributed by atoms with E-state index in [0.717, 1.165) is 11.0 Å². The van der Waals surface area contributed by atoms with E-state index in [0.29, 0.717) is 34.9 Å². The molecule has 0 saturated heterocycles. The molecule has 1 aliphatic heterocycles. The summed E-state index contributed by atoms with van der Waals surface area (Å²) in [6, 6.07) is 19.7. The van der Waals surface area contributed by atoms with Gasteiger partial charge in [0.15, 0.2) is 5.76 Å². The maximum Gasteiger partial charge on any atom is 0.337 e. The zero-order chi connectivity index (χ0) is 22.8. The Labute approximate surface area is 189 Å². The van der Waals surface area contributed by atoms with Crippen molar-refractivity contribution in [2.24, 2.45) is 5.10 Å². The minimum absolute atomic E-state index is 0.0151. The normalized spacial score (nSPS) is 15.5. The van der Waals surface area contributed by atoms with Crippen LogP contribution >= 0.6 is 0 Å². The average molecular weight is 443 g/mol. The summed E-state index contributed by atoms with van der Waals surface area (Å²) in [6.07, 6.45) is 2.05. The SMILES string of the molecule is COC(=O)c1cccc(NCC(=O)N2N=C(c3cc4ccccc4o3)C[C@@H]2c2ccco2)c1. The van der Waals surface area contributed by atoms with E-state index in [1.807, 2.05) is 36.4 Å². The second kappa shape index (κ2) is 8.66. The van der Waals surface area contributed by atoms with Gasteiger partial charge in [0, 0.05) is 17.5 Å². The third-order valence-electron chi connectivity index (χ3n) is 5.47. The highest BCUT2D eigenvalue weighted by atomic mass is 16.5. The van der Waals surface area contributed by atoms with Crippen LogP contribution < -0.4 is 5.32 Å². The zero-order valence-corrected chi connectivity index (χ0v) is 17.9. The van der Waals surface area contributed by atoms with Gasteiger partial charge < -0.3 is 18.9 Å². The van der Waals surface area contributed by atoms with Gasteiger partial charge in [-0.1, -0.05) is 24.3 Å². The number of hydrogen-bond donors (Lipinski definition) is 1. The Hall–Kier alpha value is -4.33. The monoisotopic (exact) mass is 443 g/mol. The summed E-state index contributed by atoms with van der Waals surface area (Å²) in [4.78, 5) is 24.9. The van der Waals surface area contributed by atoms with E-state index in [1.54, 1.807) is 36.6 Å². The number of nitrogens with one attached hydrogen (secondary N) is 1. The van der Waals surface area contributed by atoms with Crippen molar-refractivity contribution < 1.29 is 23.2 Å². The van der Waals surface area contributed by atoms with Gasteiger partial charge in [-0.3, -0.25) is 4.79 Å². The molecular weight excluding hydrogens is 422 g/mol. The summed E-state index contributed by atoms with van der Waals surface area (Å²) in [5, 5.41) is 10.1. The standard InChI is InChI=1S/C25H21N3O5/c1-31-25(30)17-7-4-8-18(12-17)26-15-24(29)28-20(22-10-5-11-32-22)14-19(27-28)23-13-16-6-2-3-9-21(16)33-23/h2-13,20,26H,14-15H2,1H3/t20-/m1/s1. The first-order valence-corrected chi connectivity index (χ1v) is 10.5. The molecule has 1 N–H and O–H groups in total. The van der Waals surface area contributed by atoms with E-state index in [1.165, 1.54) is 12.1 Å². The van der Waals surface area contributed by atoms with Crippen LogP contribution in [0.5, 0.6) is 0 Å². The molecule has 0 saturated carbocycles. The quantitative estimate of drug-likeness (QED) is 0.438. The number of furan rings is 2. The molecule has 4 aromatic rings. The number of methoxy groups -OCH3 is 1. The van der Waals surface area contributed by atoms with Crippen molar-refractivity contribution in [1.82, 2.24) is 5.01 Å². The first-order valence-electron chi connectivity index (χ1n) is 10.5. The van der Waals surface area contributed by atoms with Crippen molar-refractivity contribution in [2.75, 3.05) is 19.0 Å². The smallest absolute Gasteiger partial charge is 0.337 e. The number of anilines is 1. The summed E-state index contributed by atoms with van der Waals surface area (Å²) < 4.78 is 16.3. The average Bonchev–Trinajstić information content (AvgIpc) is 3.60. The molecule has 0 spiro atoms. The molecule has 1 amide bonds. The molecule has 8 nitrogen and oxygen atoms in total. The predicted molar refractivity (Wildman–Crippen MR) is 122 cm³/mol. The summed E-state index contributed by atoms with van der Waals surface area (Å²) in [5.41, 5.74) is 2.46. The van der Waals surface area contributed by atoms with Crippen molar-refractivity contribution in [3.8, 4) is 0 Å². The number of rotatable bonds is 6. The number of ether oxygens (including phenoxy) is 1. The fourth-order valence-electron chi connectivity index (χ4n) is 3.85. The Morgan fingerprint density at radius 3 is 2.79 bits per heavy atom. The van der Waals surface area contributed by atoms with Crippen molar-refractivity contribution in [3.05, 3.63) is 90.1 Å². The van der Waals surface area contributed by atoms with E-state index in [-0.39, 0.29) is 18.5 Å². The molecule has 33 heavy (non-hydrogen) atoms. The van der Waals surface area contributed by atoms with Gasteiger partial charge in [0.05, 0.1) is 25.5 Å². The van der Waals surface area contributed by atoms with Crippen molar-refractivity contribution in [2.45, 2.75) is 12.5 Å². The fraction of sp³-hybridized carbons (Fsp3) is 0.160. The van der Waals surface area contributed by atoms with Crippen LogP contribution in [0, 0.1) is 0 Å². The van der Waals surface area contributed by atoms with Gasteiger partial charge in [0.25, 0.3) is 5.91 Å². The highest BCUT2D eigenvalue weighted by molar-refractivity contribution is 6.03. The van der Waals surface area contributed by atoms with E-state index < -0.39 is 5.97 Å². The molecule has 2 aromatic carbocycles. The summed E-state index contributed by atoms with van der Waals surface area (Å²) in [6.45, 7) is -0.0151. The van der Waals surface area contributed by atoms with Crippen LogP contribution in [0.15, 0.2) is 86.9 Å². The molecule has 0 radical (unpaired) electrons. The second-order valence-electron chi connectivity index (χ2n) is 7.59. The topological polar surface area (TPSA) is 97.3 Å². The first-order chi connectivity index (χ1) is 16.1. The molecule has 166 valence electrons. The number of para-hydroxylation sites is 1. The number of esters is 1. The summed E-state index contributed by atoms with van der Waals surface area (Å²) in [5.74, 6) is 0.584. The Kier molecular flexibility index (Phi) is 5.40. The Balaban J connectivity index is 1.37. The van der Waals surface area contributed by atoms with Gasteiger partial charge in [-0.25, -0.2) is 9.80 Å². The van der Waals surface area contributed by atoms with E-state index in [2.05, 4.69) is 10.4 Å². The number of carbonyl (C=O) groups excluding carboxylic acids is 2. The third-order valence-corrected chi connectivity index (χ3v) is 5.47. The van der Waals surface area contributed by atoms with Crippen LogP contribution in [-0.2, 0) is 9.53 Å². The fourth-order valence-corrected chi connectivity index (χ4v) is 3.85. The van der Waals surface area contributed by atoms with E-state index in [4.69, 9.17) is 13.6 Å². The van der Waals surface area contributed by atoms with Crippen molar-refractivity contribution in [1.29, 1.82) is 0 Å². The molecule has 8 heteroatoms. The number of hydrogen-bond acceptors (Lipinski definition) is 7. The molecule has 0 bridgehead atoms. The van der Waals surface area contributed by atoms with Crippen LogP contribution in [0.3, 0.4) is 0 Å². The molecule has 1 aliphatic rings. The van der Waals surface area contributed by atoms with Crippen LogP contribution in [0.1, 0.15) is 34.3 Å². The largest absolute Gasteiger partial charge is 0.467 e. The lowest BCUT2D eigenvalue weighted by Crippen LogP contribution is -2.32. The van der Waals surface area contributed by atoms with Gasteiger partial charge in [0.1, 0.15) is 23.1 Å². The maximum absolute atomic E-state index is 13.1. The van der Waals surface area contributed by atoms with Gasteiger partial charge >= 0.3 is 5.97 Å². The molecule has 3 heterocycles. The zero-order valence-electron chi connectivity index (χ0n) is 17.9.